The fourth-order valence-corrected chi connectivity index (χ4v) is 2.64. The number of halogens is 1. The molecule has 0 bridgehead atoms. The van der Waals surface area contributed by atoms with Crippen LogP contribution in [0.15, 0.2) is 60.2 Å². The summed E-state index contributed by atoms with van der Waals surface area (Å²) in [6.45, 7) is 4.02. The van der Waals surface area contributed by atoms with Gasteiger partial charge in [0, 0.05) is 11.1 Å². The molecular formula is C18H17IN2O3. The Morgan fingerprint density at radius 3 is 2.79 bits per heavy atom. The van der Waals surface area contributed by atoms with Gasteiger partial charge in [-0.3, -0.25) is 4.79 Å². The number of para-hydroxylation sites is 1. The van der Waals surface area contributed by atoms with Gasteiger partial charge >= 0.3 is 0 Å². The van der Waals surface area contributed by atoms with Crippen molar-refractivity contribution in [3.63, 3.8) is 0 Å². The summed E-state index contributed by atoms with van der Waals surface area (Å²) in [6, 6.07) is 12.6. The number of ether oxygens (including phenoxy) is 2. The van der Waals surface area contributed by atoms with Crippen molar-refractivity contribution in [1.29, 1.82) is 0 Å². The Balaban J connectivity index is 2.05. The predicted molar refractivity (Wildman–Crippen MR) is 103 cm³/mol. The fraction of sp³-hybridized carbons (Fsp3) is 0.111. The van der Waals surface area contributed by atoms with E-state index in [9.17, 15) is 4.79 Å². The third-order valence-electron chi connectivity index (χ3n) is 3.06. The molecule has 0 aliphatic carbocycles. The maximum atomic E-state index is 12.1. The number of nitrogens with zero attached hydrogens (tertiary/aromatic N) is 1. The van der Waals surface area contributed by atoms with Gasteiger partial charge < -0.3 is 9.47 Å². The van der Waals surface area contributed by atoms with Crippen molar-refractivity contribution in [2.75, 3.05) is 13.7 Å². The summed E-state index contributed by atoms with van der Waals surface area (Å²) in [5.74, 6) is 1.11. The lowest BCUT2D eigenvalue weighted by atomic mass is 10.2. The standard InChI is InChI=1S/C18H17IN2O3/c1-3-10-24-16-7-5-4-6-14(16)12-20-21-18(22)13-8-9-17(23-2)15(19)11-13/h3-9,11-12H,1,10H2,2H3,(H,21,22)/b20-12+. The highest BCUT2D eigenvalue weighted by atomic mass is 127. The van der Waals surface area contributed by atoms with Crippen LogP contribution in [0.25, 0.3) is 0 Å². The fourth-order valence-electron chi connectivity index (χ4n) is 1.90. The predicted octanol–water partition coefficient (Wildman–Crippen LogP) is 3.63. The molecule has 0 aromatic heterocycles. The number of carbonyl (C=O) groups is 1. The smallest absolute Gasteiger partial charge is 0.271 e. The van der Waals surface area contributed by atoms with Crippen LogP contribution in [0.2, 0.25) is 0 Å². The second-order valence-corrected chi connectivity index (χ2v) is 5.85. The molecule has 2 aromatic rings. The maximum Gasteiger partial charge on any atom is 0.271 e. The second kappa shape index (κ2) is 9.07. The first-order valence-corrected chi connectivity index (χ1v) is 8.23. The van der Waals surface area contributed by atoms with Gasteiger partial charge in [0.05, 0.1) is 16.9 Å². The lowest BCUT2D eigenvalue weighted by Gasteiger charge is -2.07. The minimum Gasteiger partial charge on any atom is -0.496 e. The third-order valence-corrected chi connectivity index (χ3v) is 3.90. The molecule has 0 saturated heterocycles. The highest BCUT2D eigenvalue weighted by Gasteiger charge is 2.08. The summed E-state index contributed by atoms with van der Waals surface area (Å²) < 4.78 is 11.6. The minimum atomic E-state index is -0.295. The number of hydrogen-bond acceptors (Lipinski definition) is 4. The number of methoxy groups -OCH3 is 1. The molecule has 0 spiro atoms. The summed E-state index contributed by atoms with van der Waals surface area (Å²) in [7, 11) is 1.59. The van der Waals surface area contributed by atoms with Gasteiger partial charge in [-0.15, -0.1) is 0 Å². The average molecular weight is 436 g/mol. The molecule has 5 nitrogen and oxygen atoms in total. The van der Waals surface area contributed by atoms with Crippen LogP contribution in [-0.2, 0) is 0 Å². The van der Waals surface area contributed by atoms with Crippen LogP contribution >= 0.6 is 22.6 Å². The normalized spacial score (nSPS) is 10.4. The number of hydrogen-bond donors (Lipinski definition) is 1. The van der Waals surface area contributed by atoms with Crippen LogP contribution in [0, 0.1) is 3.57 Å². The zero-order valence-electron chi connectivity index (χ0n) is 13.2. The van der Waals surface area contributed by atoms with Crippen LogP contribution in [0.4, 0.5) is 0 Å². The molecule has 6 heteroatoms. The molecule has 0 radical (unpaired) electrons. The number of nitrogens with one attached hydrogen (secondary N) is 1. The number of benzene rings is 2. The Labute approximate surface area is 154 Å². The minimum absolute atomic E-state index is 0.295. The van der Waals surface area contributed by atoms with Crippen LogP contribution in [0.1, 0.15) is 15.9 Å². The van der Waals surface area contributed by atoms with Crippen molar-refractivity contribution in [3.8, 4) is 11.5 Å². The summed E-state index contributed by atoms with van der Waals surface area (Å²) >= 11 is 2.12. The van der Waals surface area contributed by atoms with Crippen LogP contribution in [0.3, 0.4) is 0 Å². The largest absolute Gasteiger partial charge is 0.496 e. The van der Waals surface area contributed by atoms with E-state index in [4.69, 9.17) is 9.47 Å². The first-order chi connectivity index (χ1) is 11.7. The molecule has 2 rings (SSSR count). The molecule has 24 heavy (non-hydrogen) atoms. The average Bonchev–Trinajstić information content (AvgIpc) is 2.60. The number of amides is 1. The van der Waals surface area contributed by atoms with Gasteiger partial charge in [0.1, 0.15) is 18.1 Å². The molecule has 0 fully saturated rings. The molecule has 0 atom stereocenters. The summed E-state index contributed by atoms with van der Waals surface area (Å²) in [5, 5.41) is 3.99. The van der Waals surface area contributed by atoms with E-state index in [1.165, 1.54) is 0 Å². The molecular weight excluding hydrogens is 419 g/mol. The molecule has 1 amide bonds. The van der Waals surface area contributed by atoms with Crippen molar-refractivity contribution in [1.82, 2.24) is 5.43 Å². The molecule has 124 valence electrons. The Kier molecular flexibility index (Phi) is 6.80. The molecule has 1 N–H and O–H groups in total. The first kappa shape index (κ1) is 18.0. The quantitative estimate of drug-likeness (QED) is 0.312. The van der Waals surface area contributed by atoms with Crippen LogP contribution in [0.5, 0.6) is 11.5 Å². The van der Waals surface area contributed by atoms with E-state index in [1.807, 2.05) is 24.3 Å². The SMILES string of the molecule is C=CCOc1ccccc1/C=N/NC(=O)c1ccc(OC)c(I)c1. The van der Waals surface area contributed by atoms with E-state index in [0.717, 1.165) is 14.9 Å². The molecule has 0 unspecified atom stereocenters. The van der Waals surface area contributed by atoms with Crippen molar-refractivity contribution >= 4 is 34.7 Å². The highest BCUT2D eigenvalue weighted by Crippen LogP contribution is 2.21. The summed E-state index contributed by atoms with van der Waals surface area (Å²) in [5.41, 5.74) is 3.78. The van der Waals surface area contributed by atoms with Gasteiger partial charge in [0.15, 0.2) is 0 Å². The molecule has 0 saturated carbocycles. The van der Waals surface area contributed by atoms with Gasteiger partial charge in [-0.2, -0.15) is 5.10 Å². The highest BCUT2D eigenvalue weighted by molar-refractivity contribution is 14.1. The number of carbonyl (C=O) groups excluding carboxylic acids is 1. The van der Waals surface area contributed by atoms with E-state index in [2.05, 4.69) is 39.7 Å². The molecule has 0 aliphatic heterocycles. The van der Waals surface area contributed by atoms with Crippen molar-refractivity contribution < 1.29 is 14.3 Å². The van der Waals surface area contributed by atoms with Crippen molar-refractivity contribution in [2.45, 2.75) is 0 Å². The first-order valence-electron chi connectivity index (χ1n) is 7.15. The van der Waals surface area contributed by atoms with Gasteiger partial charge in [-0.05, 0) is 52.9 Å². The van der Waals surface area contributed by atoms with E-state index < -0.39 is 0 Å². The molecule has 0 heterocycles. The van der Waals surface area contributed by atoms with Crippen LogP contribution < -0.4 is 14.9 Å². The van der Waals surface area contributed by atoms with E-state index in [-0.39, 0.29) is 5.91 Å². The number of hydrazone groups is 1. The molecule has 2 aromatic carbocycles. The lowest BCUT2D eigenvalue weighted by Crippen LogP contribution is -2.17. The van der Waals surface area contributed by atoms with E-state index >= 15 is 0 Å². The van der Waals surface area contributed by atoms with E-state index in [0.29, 0.717) is 17.9 Å². The molecule has 0 aliphatic rings. The van der Waals surface area contributed by atoms with Gasteiger partial charge in [-0.1, -0.05) is 24.8 Å². The van der Waals surface area contributed by atoms with Gasteiger partial charge in [0.2, 0.25) is 0 Å². The second-order valence-electron chi connectivity index (χ2n) is 4.69. The Hall–Kier alpha value is -2.35. The van der Waals surface area contributed by atoms with Crippen molar-refractivity contribution in [3.05, 3.63) is 69.8 Å². The zero-order valence-corrected chi connectivity index (χ0v) is 15.3. The topological polar surface area (TPSA) is 59.9 Å². The summed E-state index contributed by atoms with van der Waals surface area (Å²) in [4.78, 5) is 12.1. The Morgan fingerprint density at radius 1 is 1.29 bits per heavy atom. The van der Waals surface area contributed by atoms with E-state index in [1.54, 1.807) is 37.6 Å². The van der Waals surface area contributed by atoms with Crippen molar-refractivity contribution in [2.24, 2.45) is 5.10 Å². The Bertz CT molecular complexity index is 760. The van der Waals surface area contributed by atoms with Gasteiger partial charge in [-0.25, -0.2) is 5.43 Å². The maximum absolute atomic E-state index is 12.1. The number of rotatable bonds is 7. The third kappa shape index (κ3) is 4.82. The lowest BCUT2D eigenvalue weighted by molar-refractivity contribution is 0.0955. The zero-order chi connectivity index (χ0) is 17.4. The Morgan fingerprint density at radius 2 is 2.08 bits per heavy atom. The summed E-state index contributed by atoms with van der Waals surface area (Å²) in [6.07, 6.45) is 3.21. The van der Waals surface area contributed by atoms with Gasteiger partial charge in [0.25, 0.3) is 5.91 Å². The van der Waals surface area contributed by atoms with Crippen LogP contribution in [-0.4, -0.2) is 25.8 Å². The monoisotopic (exact) mass is 436 g/mol.